The quantitative estimate of drug-likeness (QED) is 0.694. The van der Waals surface area contributed by atoms with Gasteiger partial charge in [-0.2, -0.15) is 5.10 Å². The largest absolute Gasteiger partial charge is 0.384 e. The van der Waals surface area contributed by atoms with Gasteiger partial charge in [-0.05, 0) is 12.1 Å². The van der Waals surface area contributed by atoms with Crippen LogP contribution in [0.1, 0.15) is 0 Å². The summed E-state index contributed by atoms with van der Waals surface area (Å²) in [5.41, 5.74) is 8.42. The number of nitrogen functional groups attached to an aromatic ring is 1. The normalized spacial score (nSPS) is 11.2. The average molecular weight is 247 g/mol. The summed E-state index contributed by atoms with van der Waals surface area (Å²) < 4.78 is 1.64. The van der Waals surface area contributed by atoms with Crippen molar-refractivity contribution in [1.82, 2.24) is 14.8 Å². The Morgan fingerprint density at radius 2 is 2.18 bits per heavy atom. The van der Waals surface area contributed by atoms with Crippen molar-refractivity contribution in [3.63, 3.8) is 0 Å². The first-order chi connectivity index (χ1) is 8.15. The van der Waals surface area contributed by atoms with Crippen LogP contribution in [0.4, 0.5) is 5.82 Å². The molecule has 2 heterocycles. The number of nitrogens with two attached hydrogens (primary N) is 1. The zero-order valence-electron chi connectivity index (χ0n) is 9.24. The molecule has 0 unspecified atom stereocenters. The summed E-state index contributed by atoms with van der Waals surface area (Å²) in [6, 6.07) is 9.64. The van der Waals surface area contributed by atoms with E-state index in [0.717, 1.165) is 22.3 Å². The topological polar surface area (TPSA) is 59.6 Å². The van der Waals surface area contributed by atoms with E-state index in [0.29, 0.717) is 10.8 Å². The van der Waals surface area contributed by atoms with Crippen LogP contribution in [-0.2, 0) is 7.05 Å². The molecule has 3 rings (SSSR count). The molecule has 5 heteroatoms. The number of aromatic nitrogens is 3. The summed E-state index contributed by atoms with van der Waals surface area (Å²) in [6.45, 7) is 0. The molecule has 0 aliphatic carbocycles. The molecule has 0 aliphatic rings. The van der Waals surface area contributed by atoms with Gasteiger partial charge < -0.3 is 10.7 Å². The number of fused-ring (bicyclic) bond motifs is 1. The van der Waals surface area contributed by atoms with Gasteiger partial charge in [-0.1, -0.05) is 23.7 Å². The minimum absolute atomic E-state index is 0.629. The van der Waals surface area contributed by atoms with Crippen molar-refractivity contribution in [1.29, 1.82) is 0 Å². The van der Waals surface area contributed by atoms with E-state index < -0.39 is 0 Å². The molecule has 0 aliphatic heterocycles. The van der Waals surface area contributed by atoms with E-state index >= 15 is 0 Å². The second kappa shape index (κ2) is 3.53. The van der Waals surface area contributed by atoms with Crippen LogP contribution in [0.15, 0.2) is 30.3 Å². The van der Waals surface area contributed by atoms with Gasteiger partial charge in [-0.15, -0.1) is 0 Å². The molecular weight excluding hydrogens is 236 g/mol. The Bertz CT molecular complexity index is 676. The first-order valence-corrected chi connectivity index (χ1v) is 5.60. The monoisotopic (exact) mass is 246 g/mol. The van der Waals surface area contributed by atoms with Gasteiger partial charge in [0.1, 0.15) is 11.5 Å². The number of aryl methyl sites for hydroxylation is 1. The number of nitrogens with one attached hydrogen (secondary N) is 1. The lowest BCUT2D eigenvalue weighted by Gasteiger charge is -1.91. The molecule has 0 atom stereocenters. The van der Waals surface area contributed by atoms with Crippen molar-refractivity contribution in [3.8, 4) is 11.4 Å². The van der Waals surface area contributed by atoms with Crippen molar-refractivity contribution in [2.45, 2.75) is 0 Å². The van der Waals surface area contributed by atoms with Crippen LogP contribution >= 0.6 is 11.6 Å². The van der Waals surface area contributed by atoms with Crippen molar-refractivity contribution in [3.05, 3.63) is 35.4 Å². The Kier molecular flexibility index (Phi) is 2.12. The minimum Gasteiger partial charge on any atom is -0.384 e. The Morgan fingerprint density at radius 1 is 1.35 bits per heavy atom. The maximum Gasteiger partial charge on any atom is 0.122 e. The van der Waals surface area contributed by atoms with Gasteiger partial charge in [0.05, 0.1) is 16.2 Å². The maximum atomic E-state index is 6.11. The number of H-pyrrole nitrogens is 1. The molecular formula is C12H11ClN4. The van der Waals surface area contributed by atoms with Gasteiger partial charge in [0.25, 0.3) is 0 Å². The average Bonchev–Trinajstić information content (AvgIpc) is 2.85. The van der Waals surface area contributed by atoms with Gasteiger partial charge in [0, 0.05) is 18.5 Å². The van der Waals surface area contributed by atoms with E-state index in [1.807, 2.05) is 37.4 Å². The van der Waals surface area contributed by atoms with Crippen molar-refractivity contribution in [2.75, 3.05) is 5.73 Å². The smallest absolute Gasteiger partial charge is 0.122 e. The number of aromatic amines is 1. The number of rotatable bonds is 1. The van der Waals surface area contributed by atoms with Crippen LogP contribution in [-0.4, -0.2) is 14.8 Å². The number of benzene rings is 1. The Morgan fingerprint density at radius 3 is 2.82 bits per heavy atom. The number of hydrogen-bond donors (Lipinski definition) is 2. The van der Waals surface area contributed by atoms with Gasteiger partial charge in [-0.25, -0.2) is 0 Å². The Hall–Kier alpha value is -1.94. The number of halogens is 1. The van der Waals surface area contributed by atoms with Crippen LogP contribution in [0.5, 0.6) is 0 Å². The van der Waals surface area contributed by atoms with Gasteiger partial charge in [-0.3, -0.25) is 4.68 Å². The fraction of sp³-hybridized carbons (Fsp3) is 0.0833. The Labute approximate surface area is 103 Å². The minimum atomic E-state index is 0.629. The number of hydrogen-bond acceptors (Lipinski definition) is 2. The van der Waals surface area contributed by atoms with E-state index in [2.05, 4.69) is 10.1 Å². The molecule has 0 radical (unpaired) electrons. The SMILES string of the molecule is Cn1nc(-c2cc3cccc(Cl)c3[nH]2)cc1N. The van der Waals surface area contributed by atoms with E-state index in [-0.39, 0.29) is 0 Å². The third-order valence-electron chi connectivity index (χ3n) is 2.80. The zero-order chi connectivity index (χ0) is 12.0. The van der Waals surface area contributed by atoms with Crippen LogP contribution in [0.25, 0.3) is 22.3 Å². The van der Waals surface area contributed by atoms with Gasteiger partial charge >= 0.3 is 0 Å². The van der Waals surface area contributed by atoms with E-state index in [4.69, 9.17) is 17.3 Å². The van der Waals surface area contributed by atoms with Crippen molar-refractivity contribution in [2.24, 2.45) is 7.05 Å². The summed E-state index contributed by atoms with van der Waals surface area (Å²) in [5, 5.41) is 6.10. The molecule has 0 saturated carbocycles. The molecule has 0 saturated heterocycles. The lowest BCUT2D eigenvalue weighted by Crippen LogP contribution is -1.96. The second-order valence-corrected chi connectivity index (χ2v) is 4.37. The molecule has 0 amide bonds. The third-order valence-corrected chi connectivity index (χ3v) is 3.11. The molecule has 17 heavy (non-hydrogen) atoms. The lowest BCUT2D eigenvalue weighted by atomic mass is 10.2. The molecule has 3 N–H and O–H groups in total. The van der Waals surface area contributed by atoms with Crippen molar-refractivity contribution >= 4 is 28.3 Å². The van der Waals surface area contributed by atoms with Gasteiger partial charge in [0.15, 0.2) is 0 Å². The highest BCUT2D eigenvalue weighted by molar-refractivity contribution is 6.35. The Balaban J connectivity index is 2.21. The first kappa shape index (κ1) is 10.2. The predicted molar refractivity (Wildman–Crippen MR) is 69.9 cm³/mol. The predicted octanol–water partition coefficient (Wildman–Crippen LogP) is 2.80. The molecule has 0 bridgehead atoms. The standard InChI is InChI=1S/C12H11ClN4/c1-17-11(14)6-10(16-17)9-5-7-3-2-4-8(13)12(7)15-9/h2-6,15H,14H2,1H3. The molecule has 86 valence electrons. The summed E-state index contributed by atoms with van der Waals surface area (Å²) in [5.74, 6) is 0.629. The molecule has 1 aromatic carbocycles. The van der Waals surface area contributed by atoms with Crippen LogP contribution in [0.2, 0.25) is 5.02 Å². The highest BCUT2D eigenvalue weighted by Gasteiger charge is 2.09. The van der Waals surface area contributed by atoms with Crippen molar-refractivity contribution < 1.29 is 0 Å². The second-order valence-electron chi connectivity index (χ2n) is 3.97. The summed E-state index contributed by atoms with van der Waals surface area (Å²) in [7, 11) is 1.81. The van der Waals surface area contributed by atoms with E-state index in [1.54, 1.807) is 4.68 Å². The lowest BCUT2D eigenvalue weighted by molar-refractivity contribution is 0.781. The number of anilines is 1. The highest BCUT2D eigenvalue weighted by Crippen LogP contribution is 2.28. The van der Waals surface area contributed by atoms with Gasteiger partial charge in [0.2, 0.25) is 0 Å². The zero-order valence-corrected chi connectivity index (χ0v) is 9.99. The fourth-order valence-corrected chi connectivity index (χ4v) is 2.10. The fourth-order valence-electron chi connectivity index (χ4n) is 1.87. The first-order valence-electron chi connectivity index (χ1n) is 5.22. The molecule has 2 aromatic heterocycles. The third kappa shape index (κ3) is 1.57. The van der Waals surface area contributed by atoms with Crippen LogP contribution in [0, 0.1) is 0 Å². The summed E-state index contributed by atoms with van der Waals surface area (Å²) in [4.78, 5) is 3.26. The summed E-state index contributed by atoms with van der Waals surface area (Å²) >= 11 is 6.11. The van der Waals surface area contributed by atoms with Crippen LogP contribution in [0.3, 0.4) is 0 Å². The maximum absolute atomic E-state index is 6.11. The van der Waals surface area contributed by atoms with E-state index in [1.165, 1.54) is 0 Å². The number of para-hydroxylation sites is 1. The number of nitrogens with zero attached hydrogens (tertiary/aromatic N) is 2. The molecule has 3 aromatic rings. The molecule has 0 fully saturated rings. The molecule has 0 spiro atoms. The summed E-state index contributed by atoms with van der Waals surface area (Å²) in [6.07, 6.45) is 0. The van der Waals surface area contributed by atoms with Crippen LogP contribution < -0.4 is 5.73 Å². The molecule has 4 nitrogen and oxygen atoms in total. The van der Waals surface area contributed by atoms with E-state index in [9.17, 15) is 0 Å². The highest BCUT2D eigenvalue weighted by atomic mass is 35.5.